The molecule has 0 radical (unpaired) electrons. The van der Waals surface area contributed by atoms with Crippen LogP contribution in [0.4, 0.5) is 0 Å². The van der Waals surface area contributed by atoms with Crippen molar-refractivity contribution < 1.29 is 17.9 Å². The van der Waals surface area contributed by atoms with Crippen molar-refractivity contribution in [2.75, 3.05) is 6.54 Å². The molecule has 1 aliphatic heterocycles. The maximum atomic E-state index is 4.70. The SMILES string of the molecule is CC(C)C1CC[N-]C(c2[c-]cccc2)C1.Pc1ccccc1.[Cl][Ir+2]. The molecular weight excluding hydrogens is 513 g/mol. The molecule has 1 saturated heterocycles. The first-order valence-electron chi connectivity index (χ1n) is 8.23. The molecule has 0 aromatic heterocycles. The van der Waals surface area contributed by atoms with Crippen LogP contribution in [-0.4, -0.2) is 6.54 Å². The van der Waals surface area contributed by atoms with E-state index in [0.717, 1.165) is 18.4 Å². The molecule has 0 aliphatic carbocycles. The van der Waals surface area contributed by atoms with Crippen LogP contribution < -0.4 is 5.30 Å². The van der Waals surface area contributed by atoms with Gasteiger partial charge in [0, 0.05) is 0 Å². The van der Waals surface area contributed by atoms with E-state index < -0.39 is 0 Å². The van der Waals surface area contributed by atoms with Crippen LogP contribution in [0.5, 0.6) is 0 Å². The molecule has 0 saturated carbocycles. The fourth-order valence-electron chi connectivity index (χ4n) is 2.77. The Labute approximate surface area is 164 Å². The minimum absolute atomic E-state index is 0.396. The Kier molecular flexibility index (Phi) is 11.8. The zero-order valence-electron chi connectivity index (χ0n) is 14.3. The predicted molar refractivity (Wildman–Crippen MR) is 105 cm³/mol. The summed E-state index contributed by atoms with van der Waals surface area (Å²) >= 11 is 1.47. The van der Waals surface area contributed by atoms with Gasteiger partial charge in [-0.2, -0.15) is 35.9 Å². The second-order valence-electron chi connectivity index (χ2n) is 6.18. The molecule has 3 atom stereocenters. The summed E-state index contributed by atoms with van der Waals surface area (Å²) in [6.07, 6.45) is 2.47. The normalized spacial score (nSPS) is 19.6. The number of rotatable bonds is 2. The summed E-state index contributed by atoms with van der Waals surface area (Å²) in [5.41, 5.74) is 1.27. The standard InChI is InChI=1S/C14H19N.C6H7P.ClH.Ir/c1-11(2)13-8-9-15-14(10-13)12-6-4-3-5-7-12;7-6-4-2-1-3-5-6;;/h3-6,11,13-14H,8-10H2,1-2H3;1-5H,7H2;1H;/q-2;;;+3/p-1. The van der Waals surface area contributed by atoms with Crippen molar-refractivity contribution in [1.82, 2.24) is 0 Å². The number of nitrogens with zero attached hydrogens (tertiary/aromatic N) is 1. The van der Waals surface area contributed by atoms with Crippen LogP contribution in [0.3, 0.4) is 0 Å². The van der Waals surface area contributed by atoms with Crippen molar-refractivity contribution in [1.29, 1.82) is 0 Å². The maximum absolute atomic E-state index is 4.70. The van der Waals surface area contributed by atoms with Gasteiger partial charge in [0.05, 0.1) is 0 Å². The summed E-state index contributed by atoms with van der Waals surface area (Å²) in [7, 11) is 7.27. The van der Waals surface area contributed by atoms with Crippen molar-refractivity contribution in [3.8, 4) is 0 Å². The van der Waals surface area contributed by atoms with Crippen LogP contribution in [0.15, 0.2) is 54.6 Å². The molecule has 3 unspecified atom stereocenters. The molecule has 0 amide bonds. The summed E-state index contributed by atoms with van der Waals surface area (Å²) in [6.45, 7) is 5.67. The van der Waals surface area contributed by atoms with E-state index in [4.69, 9.17) is 5.32 Å². The van der Waals surface area contributed by atoms with E-state index in [-0.39, 0.29) is 0 Å². The van der Waals surface area contributed by atoms with E-state index in [9.17, 15) is 0 Å². The van der Waals surface area contributed by atoms with Gasteiger partial charge in [0.25, 0.3) is 0 Å². The van der Waals surface area contributed by atoms with Crippen LogP contribution in [0, 0.1) is 17.9 Å². The first-order chi connectivity index (χ1) is 11.7. The zero-order chi connectivity index (χ0) is 17.8. The molecule has 4 heteroatoms. The van der Waals surface area contributed by atoms with Gasteiger partial charge in [-0.25, -0.2) is 0 Å². The van der Waals surface area contributed by atoms with Gasteiger partial charge in [0.15, 0.2) is 0 Å². The Hall–Kier alpha value is -0.231. The number of halogens is 1. The van der Waals surface area contributed by atoms with Gasteiger partial charge in [-0.15, -0.1) is 21.8 Å². The van der Waals surface area contributed by atoms with Gasteiger partial charge in [0.1, 0.15) is 0 Å². The molecule has 0 bridgehead atoms. The minimum atomic E-state index is 0.396. The van der Waals surface area contributed by atoms with E-state index in [1.54, 1.807) is 0 Å². The number of hydrogen-bond acceptors (Lipinski definition) is 0. The molecule has 2 aromatic rings. The third kappa shape index (κ3) is 8.23. The van der Waals surface area contributed by atoms with Crippen molar-refractivity contribution in [3.63, 3.8) is 0 Å². The third-order valence-corrected chi connectivity index (χ3v) is 4.59. The second kappa shape index (κ2) is 13.0. The van der Waals surface area contributed by atoms with Gasteiger partial charge in [-0.3, -0.25) is 0 Å². The van der Waals surface area contributed by atoms with Gasteiger partial charge >= 0.3 is 27.5 Å². The summed E-state index contributed by atoms with van der Waals surface area (Å²) in [5, 5.41) is 5.94. The fraction of sp³-hybridized carbons (Fsp3) is 0.400. The number of hydrogen-bond donors (Lipinski definition) is 0. The van der Waals surface area contributed by atoms with E-state index in [1.807, 2.05) is 42.5 Å². The molecule has 24 heavy (non-hydrogen) atoms. The zero-order valence-corrected chi connectivity index (χ0v) is 18.6. The predicted octanol–water partition coefficient (Wildman–Crippen LogP) is 5.84. The Morgan fingerprint density at radius 3 is 2.29 bits per heavy atom. The average Bonchev–Trinajstić information content (AvgIpc) is 2.65. The molecule has 0 N–H and O–H groups in total. The van der Waals surface area contributed by atoms with Gasteiger partial charge in [0.2, 0.25) is 0 Å². The number of benzene rings is 2. The summed E-state index contributed by atoms with van der Waals surface area (Å²) in [6, 6.07) is 22.1. The number of piperidine rings is 1. The third-order valence-electron chi connectivity index (χ3n) is 4.21. The van der Waals surface area contributed by atoms with Crippen molar-refractivity contribution in [2.24, 2.45) is 11.8 Å². The molecule has 1 fully saturated rings. The second-order valence-corrected chi connectivity index (χ2v) is 6.85. The topological polar surface area (TPSA) is 14.1 Å². The van der Waals surface area contributed by atoms with Crippen LogP contribution in [0.2, 0.25) is 0 Å². The van der Waals surface area contributed by atoms with Gasteiger partial charge < -0.3 is 5.32 Å². The van der Waals surface area contributed by atoms with E-state index >= 15 is 0 Å². The molecule has 0 spiro atoms. The van der Waals surface area contributed by atoms with Crippen molar-refractivity contribution in [2.45, 2.75) is 32.7 Å². The molecule has 1 aliphatic rings. The Morgan fingerprint density at radius 1 is 1.12 bits per heavy atom. The Morgan fingerprint density at radius 2 is 1.79 bits per heavy atom. The Balaban J connectivity index is 0.000000268. The monoisotopic (exact) mass is 539 g/mol. The molecule has 3 rings (SSSR count). The van der Waals surface area contributed by atoms with Crippen LogP contribution >= 0.6 is 18.8 Å². The van der Waals surface area contributed by atoms with E-state index in [1.165, 1.54) is 41.6 Å². The molecule has 2 aromatic carbocycles. The van der Waals surface area contributed by atoms with Crippen LogP contribution in [0.25, 0.3) is 5.32 Å². The average molecular weight is 539 g/mol. The van der Waals surface area contributed by atoms with E-state index in [2.05, 4.69) is 50.9 Å². The Bertz CT molecular complexity index is 536. The summed E-state index contributed by atoms with van der Waals surface area (Å²) < 4.78 is 0. The molecule has 132 valence electrons. The van der Waals surface area contributed by atoms with Crippen LogP contribution in [0.1, 0.15) is 38.3 Å². The molecular formula is C20H26ClIrNP. The van der Waals surface area contributed by atoms with Crippen molar-refractivity contribution in [3.05, 3.63) is 71.5 Å². The summed E-state index contributed by atoms with van der Waals surface area (Å²) in [5.74, 6) is 1.62. The van der Waals surface area contributed by atoms with E-state index in [0.29, 0.717) is 6.04 Å². The summed E-state index contributed by atoms with van der Waals surface area (Å²) in [4.78, 5) is 0. The fourth-order valence-corrected chi connectivity index (χ4v) is 3.00. The first-order valence-corrected chi connectivity index (χ1v) is 11.8. The molecule has 1 heterocycles. The first kappa shape index (κ1) is 21.8. The van der Waals surface area contributed by atoms with Gasteiger partial charge in [-0.1, -0.05) is 57.0 Å². The molecule has 1 nitrogen and oxygen atoms in total. The van der Waals surface area contributed by atoms with Crippen molar-refractivity contribution >= 4 is 24.1 Å². The van der Waals surface area contributed by atoms with Crippen LogP contribution in [-0.2, 0) is 17.9 Å². The van der Waals surface area contributed by atoms with Gasteiger partial charge in [-0.05, 0) is 17.1 Å². The quantitative estimate of drug-likeness (QED) is 0.337.